The monoisotopic (exact) mass is 361 g/mol. The Hall–Kier alpha value is -3.15. The molecule has 2 aromatic carbocycles. The Kier molecular flexibility index (Phi) is 4.39. The highest BCUT2D eigenvalue weighted by Crippen LogP contribution is 2.24. The summed E-state index contributed by atoms with van der Waals surface area (Å²) >= 11 is 0. The molecule has 0 amide bonds. The van der Waals surface area contributed by atoms with E-state index in [-0.39, 0.29) is 5.56 Å². The average molecular weight is 361 g/mol. The summed E-state index contributed by atoms with van der Waals surface area (Å²) < 4.78 is 3.64. The molecule has 0 bridgehead atoms. The van der Waals surface area contributed by atoms with Gasteiger partial charge in [-0.15, -0.1) is 10.2 Å². The maximum absolute atomic E-state index is 12.7. The first-order valence-corrected chi connectivity index (χ1v) is 9.30. The van der Waals surface area contributed by atoms with E-state index in [1.807, 2.05) is 41.7 Å². The molecular weight excluding hydrogens is 338 g/mol. The zero-order valence-corrected chi connectivity index (χ0v) is 15.8. The number of hydrogen-bond acceptors (Lipinski definition) is 4. The van der Waals surface area contributed by atoms with Crippen LogP contribution in [0.4, 0.5) is 5.69 Å². The zero-order valence-electron chi connectivity index (χ0n) is 15.8. The lowest BCUT2D eigenvalue weighted by molar-refractivity contribution is 0.734. The fourth-order valence-electron chi connectivity index (χ4n) is 3.55. The van der Waals surface area contributed by atoms with E-state index in [1.54, 1.807) is 4.57 Å². The summed E-state index contributed by atoms with van der Waals surface area (Å²) in [5, 5.41) is 12.9. The fraction of sp³-hybridized carbons (Fsp3) is 0.286. The molecule has 0 saturated carbocycles. The van der Waals surface area contributed by atoms with E-state index in [9.17, 15) is 4.79 Å². The molecule has 2 aromatic heterocycles. The minimum absolute atomic E-state index is 0.0299. The average Bonchev–Trinajstić information content (AvgIpc) is 3.11. The number of aromatic nitrogens is 4. The first-order chi connectivity index (χ1) is 13.1. The largest absolute Gasteiger partial charge is 0.377 e. The van der Waals surface area contributed by atoms with Gasteiger partial charge in [0.2, 0.25) is 5.78 Å². The van der Waals surface area contributed by atoms with Crippen LogP contribution in [-0.4, -0.2) is 19.2 Å². The highest BCUT2D eigenvalue weighted by molar-refractivity contribution is 5.80. The maximum Gasteiger partial charge on any atom is 0.262 e. The van der Waals surface area contributed by atoms with Gasteiger partial charge in [0.1, 0.15) is 0 Å². The lowest BCUT2D eigenvalue weighted by Crippen LogP contribution is -2.23. The standard InChI is InChI=1S/C21H23N5O/c1-4-25-20(27)16-10-6-8-12-18(16)26-19(23-24-21(25)26)13-22-17-11-7-5-9-15(17)14(2)3/h5-12,14,22H,4,13H2,1-3H3. The Morgan fingerprint density at radius 1 is 1.04 bits per heavy atom. The molecule has 0 saturated heterocycles. The van der Waals surface area contributed by atoms with E-state index in [0.717, 1.165) is 17.0 Å². The second kappa shape index (κ2) is 6.87. The molecule has 0 atom stereocenters. The summed E-state index contributed by atoms with van der Waals surface area (Å²) in [6.45, 7) is 7.38. The predicted octanol–water partition coefficient (Wildman–Crippen LogP) is 3.80. The van der Waals surface area contributed by atoms with Gasteiger partial charge < -0.3 is 5.32 Å². The Labute approximate surface area is 157 Å². The third kappa shape index (κ3) is 2.87. The van der Waals surface area contributed by atoms with Crippen molar-refractivity contribution in [3.05, 3.63) is 70.3 Å². The summed E-state index contributed by atoms with van der Waals surface area (Å²) in [7, 11) is 0. The summed E-state index contributed by atoms with van der Waals surface area (Å²) in [5.74, 6) is 1.78. The molecule has 4 aromatic rings. The maximum atomic E-state index is 12.7. The van der Waals surface area contributed by atoms with Crippen LogP contribution >= 0.6 is 0 Å². The number of benzene rings is 2. The number of anilines is 1. The lowest BCUT2D eigenvalue weighted by atomic mass is 10.0. The molecule has 0 aliphatic carbocycles. The van der Waals surface area contributed by atoms with Crippen LogP contribution < -0.4 is 10.9 Å². The molecule has 0 radical (unpaired) electrons. The molecule has 0 fully saturated rings. The first kappa shape index (κ1) is 17.3. The van der Waals surface area contributed by atoms with Crippen molar-refractivity contribution >= 4 is 22.4 Å². The fourth-order valence-corrected chi connectivity index (χ4v) is 3.55. The molecule has 0 spiro atoms. The van der Waals surface area contributed by atoms with Gasteiger partial charge in [0.15, 0.2) is 5.82 Å². The smallest absolute Gasteiger partial charge is 0.262 e. The molecule has 2 heterocycles. The van der Waals surface area contributed by atoms with E-state index in [2.05, 4.69) is 47.6 Å². The van der Waals surface area contributed by atoms with Crippen molar-refractivity contribution in [2.24, 2.45) is 0 Å². The minimum atomic E-state index is -0.0299. The van der Waals surface area contributed by atoms with Crippen molar-refractivity contribution in [3.63, 3.8) is 0 Å². The van der Waals surface area contributed by atoms with Crippen molar-refractivity contribution in [2.45, 2.75) is 39.8 Å². The SMILES string of the molecule is CCn1c(=O)c2ccccc2n2c(CNc3ccccc3C(C)C)nnc12. The molecule has 1 N–H and O–H groups in total. The van der Waals surface area contributed by atoms with Crippen LogP contribution in [0, 0.1) is 0 Å². The minimum Gasteiger partial charge on any atom is -0.377 e. The van der Waals surface area contributed by atoms with Crippen LogP contribution in [0.2, 0.25) is 0 Å². The van der Waals surface area contributed by atoms with Crippen LogP contribution in [0.15, 0.2) is 53.3 Å². The van der Waals surface area contributed by atoms with Gasteiger partial charge in [-0.25, -0.2) is 0 Å². The topological polar surface area (TPSA) is 64.2 Å². The molecule has 6 nitrogen and oxygen atoms in total. The van der Waals surface area contributed by atoms with E-state index in [1.165, 1.54) is 5.56 Å². The van der Waals surface area contributed by atoms with Gasteiger partial charge in [-0.05, 0) is 36.6 Å². The zero-order chi connectivity index (χ0) is 19.0. The summed E-state index contributed by atoms with van der Waals surface area (Å²) in [6, 6.07) is 15.9. The Morgan fingerprint density at radius 3 is 2.56 bits per heavy atom. The summed E-state index contributed by atoms with van der Waals surface area (Å²) in [6.07, 6.45) is 0. The Bertz CT molecular complexity index is 1170. The third-order valence-electron chi connectivity index (χ3n) is 4.91. The summed E-state index contributed by atoms with van der Waals surface area (Å²) in [4.78, 5) is 12.7. The van der Waals surface area contributed by atoms with Crippen molar-refractivity contribution in [1.82, 2.24) is 19.2 Å². The molecule has 4 rings (SSSR count). The number of fused-ring (bicyclic) bond motifs is 3. The molecule has 0 unspecified atom stereocenters. The van der Waals surface area contributed by atoms with Gasteiger partial charge in [0, 0.05) is 12.2 Å². The van der Waals surface area contributed by atoms with Crippen LogP contribution in [0.5, 0.6) is 0 Å². The molecule has 0 aliphatic heterocycles. The quantitative estimate of drug-likeness (QED) is 0.587. The summed E-state index contributed by atoms with van der Waals surface area (Å²) in [5.41, 5.74) is 3.16. The van der Waals surface area contributed by atoms with Crippen molar-refractivity contribution in [2.75, 3.05) is 5.32 Å². The number of aryl methyl sites for hydroxylation is 1. The van der Waals surface area contributed by atoms with Gasteiger partial charge in [-0.2, -0.15) is 0 Å². The second-order valence-electron chi connectivity index (χ2n) is 6.91. The second-order valence-corrected chi connectivity index (χ2v) is 6.91. The molecule has 6 heteroatoms. The van der Waals surface area contributed by atoms with Crippen LogP contribution in [0.25, 0.3) is 16.7 Å². The Balaban J connectivity index is 1.82. The number of nitrogens with zero attached hydrogens (tertiary/aromatic N) is 4. The first-order valence-electron chi connectivity index (χ1n) is 9.30. The number of hydrogen-bond donors (Lipinski definition) is 1. The van der Waals surface area contributed by atoms with Crippen LogP contribution in [-0.2, 0) is 13.1 Å². The lowest BCUT2D eigenvalue weighted by Gasteiger charge is -2.14. The van der Waals surface area contributed by atoms with Crippen molar-refractivity contribution < 1.29 is 0 Å². The van der Waals surface area contributed by atoms with E-state index in [4.69, 9.17) is 0 Å². The normalized spacial score (nSPS) is 11.6. The van der Waals surface area contributed by atoms with Crippen molar-refractivity contribution in [3.8, 4) is 0 Å². The highest BCUT2D eigenvalue weighted by Gasteiger charge is 2.15. The predicted molar refractivity (Wildman–Crippen MR) is 108 cm³/mol. The van der Waals surface area contributed by atoms with Gasteiger partial charge in [0.05, 0.1) is 17.4 Å². The van der Waals surface area contributed by atoms with E-state index in [0.29, 0.717) is 30.2 Å². The van der Waals surface area contributed by atoms with Gasteiger partial charge in [-0.3, -0.25) is 13.8 Å². The highest BCUT2D eigenvalue weighted by atomic mass is 16.1. The van der Waals surface area contributed by atoms with E-state index < -0.39 is 0 Å². The molecule has 0 aliphatic rings. The Morgan fingerprint density at radius 2 is 1.78 bits per heavy atom. The van der Waals surface area contributed by atoms with Gasteiger partial charge >= 0.3 is 0 Å². The molecule has 27 heavy (non-hydrogen) atoms. The van der Waals surface area contributed by atoms with Crippen LogP contribution in [0.3, 0.4) is 0 Å². The number of rotatable bonds is 5. The van der Waals surface area contributed by atoms with Crippen molar-refractivity contribution in [1.29, 1.82) is 0 Å². The van der Waals surface area contributed by atoms with Crippen LogP contribution in [0.1, 0.15) is 38.1 Å². The van der Waals surface area contributed by atoms with E-state index >= 15 is 0 Å². The third-order valence-corrected chi connectivity index (χ3v) is 4.91. The van der Waals surface area contributed by atoms with Gasteiger partial charge in [0.25, 0.3) is 5.56 Å². The molecular formula is C21H23N5O. The number of nitrogens with one attached hydrogen (secondary N) is 1. The van der Waals surface area contributed by atoms with Gasteiger partial charge in [-0.1, -0.05) is 44.2 Å². The molecule has 138 valence electrons. The number of para-hydroxylation sites is 2.